The summed E-state index contributed by atoms with van der Waals surface area (Å²) >= 11 is 0.441. The number of carbonyl (C=O) groups excluding carboxylic acids is 1. The molecule has 4 aromatic rings. The van der Waals surface area contributed by atoms with Crippen LogP contribution in [0.3, 0.4) is 0 Å². The summed E-state index contributed by atoms with van der Waals surface area (Å²) in [5, 5.41) is 41.2. The molecule has 0 aromatic heterocycles. The summed E-state index contributed by atoms with van der Waals surface area (Å²) in [6.45, 7) is -0.627. The summed E-state index contributed by atoms with van der Waals surface area (Å²) in [5.41, 5.74) is 10.9. The number of amides is 1. The van der Waals surface area contributed by atoms with Gasteiger partial charge in [0.25, 0.3) is 16.0 Å². The first-order valence-electron chi connectivity index (χ1n) is 15.2. The zero-order valence-corrected chi connectivity index (χ0v) is 32.6. The average Bonchev–Trinajstić information content (AvgIpc) is 3.17. The molecule has 8 N–H and O–H groups in total. The molecule has 0 bridgehead atoms. The van der Waals surface area contributed by atoms with Crippen LogP contribution in [0.25, 0.3) is 0 Å². The van der Waals surface area contributed by atoms with E-state index in [0.717, 1.165) is 6.07 Å². The molecule has 0 unspecified atom stereocenters. The van der Waals surface area contributed by atoms with E-state index in [1.54, 1.807) is 0 Å². The van der Waals surface area contributed by atoms with Gasteiger partial charge in [-0.3, -0.25) is 17.7 Å². The maximum atomic E-state index is 13.1. The number of rotatable bonds is 21. The Kier molecular flexibility index (Phi) is 16.3. The number of azo groups is 2. The molecule has 306 valence electrons. The molecule has 57 heavy (non-hydrogen) atoms. The highest BCUT2D eigenvalue weighted by atomic mass is 32.2. The van der Waals surface area contributed by atoms with E-state index in [0.29, 0.717) is 0 Å². The van der Waals surface area contributed by atoms with Crippen LogP contribution < -0.4 is 16.8 Å². The van der Waals surface area contributed by atoms with Crippen LogP contribution in [0.15, 0.2) is 114 Å². The molecular formula is C29H29N7O16S5. The van der Waals surface area contributed by atoms with Gasteiger partial charge in [-0.15, -0.1) is 18.9 Å². The monoisotopic (exact) mass is 891 g/mol. The molecule has 0 aliphatic carbocycles. The number of carbonyl (C=O) groups is 1. The van der Waals surface area contributed by atoms with E-state index in [-0.39, 0.29) is 81.7 Å². The number of nitrogens with one attached hydrogen (secondary N) is 1. The maximum absolute atomic E-state index is 13.1. The molecule has 0 heterocycles. The maximum Gasteiger partial charge on any atom is 0.296 e. The van der Waals surface area contributed by atoms with E-state index in [1.807, 2.05) is 0 Å². The third-order valence-corrected chi connectivity index (χ3v) is 12.0. The normalized spacial score (nSPS) is 12.4. The van der Waals surface area contributed by atoms with Crippen LogP contribution in [0.4, 0.5) is 39.8 Å². The van der Waals surface area contributed by atoms with Crippen LogP contribution in [0.1, 0.15) is 10.4 Å². The number of benzene rings is 4. The van der Waals surface area contributed by atoms with E-state index >= 15 is 0 Å². The van der Waals surface area contributed by atoms with Crippen LogP contribution >= 0.6 is 24.6 Å². The number of hydrogen-bond acceptors (Lipinski definition) is 23. The SMILES string of the molecule is Nc1c(N=Nc2ccc(S(=O)(=O)CCOSOOO)cc2)cc(S(=O)(=O)O)c(N)c1N=Nc1cccc(C(=O)Nc2cccc(S(=O)(=O)CCOSOOO)c2)c1. The minimum atomic E-state index is -4.97. The van der Waals surface area contributed by atoms with Crippen molar-refractivity contribution in [1.29, 1.82) is 0 Å². The molecule has 0 radical (unpaired) electrons. The summed E-state index contributed by atoms with van der Waals surface area (Å²) < 4.78 is 102. The predicted octanol–water partition coefficient (Wildman–Crippen LogP) is 5.73. The van der Waals surface area contributed by atoms with Gasteiger partial charge in [0.2, 0.25) is 0 Å². The van der Waals surface area contributed by atoms with Crippen LogP contribution in [-0.4, -0.2) is 70.9 Å². The van der Waals surface area contributed by atoms with E-state index < -0.39 is 63.5 Å². The van der Waals surface area contributed by atoms with E-state index in [1.165, 1.54) is 72.8 Å². The lowest BCUT2D eigenvalue weighted by Gasteiger charge is -2.10. The summed E-state index contributed by atoms with van der Waals surface area (Å²) in [5.74, 6) is -1.59. The van der Waals surface area contributed by atoms with Crippen molar-refractivity contribution >= 4 is 100 Å². The van der Waals surface area contributed by atoms with E-state index in [9.17, 15) is 34.6 Å². The first kappa shape index (κ1) is 45.0. The Hall–Kier alpha value is -4.66. The van der Waals surface area contributed by atoms with Crippen LogP contribution in [0, 0.1) is 0 Å². The lowest BCUT2D eigenvalue weighted by Crippen LogP contribution is -2.14. The third-order valence-electron chi connectivity index (χ3n) is 6.97. The van der Waals surface area contributed by atoms with Crippen molar-refractivity contribution in [3.8, 4) is 0 Å². The van der Waals surface area contributed by atoms with Gasteiger partial charge >= 0.3 is 0 Å². The second kappa shape index (κ2) is 20.7. The first-order chi connectivity index (χ1) is 27.1. The molecule has 0 atom stereocenters. The second-order valence-electron chi connectivity index (χ2n) is 10.7. The Bertz CT molecular complexity index is 2440. The fraction of sp³-hybridized carbons (Fsp3) is 0.138. The smallest absolute Gasteiger partial charge is 0.296 e. The van der Waals surface area contributed by atoms with E-state index in [2.05, 4.69) is 44.5 Å². The molecule has 0 spiro atoms. The van der Waals surface area contributed by atoms with Gasteiger partial charge in [0.15, 0.2) is 44.3 Å². The average molecular weight is 892 g/mol. The topological polar surface area (TPSA) is 349 Å². The zero-order valence-electron chi connectivity index (χ0n) is 28.5. The molecular weight excluding hydrogens is 863 g/mol. The third kappa shape index (κ3) is 13.2. The standard InChI is InChI=1S/C29H29N7O16S5/c30-26-24(35-33-19-7-9-22(10-8-19)55(40,41)13-11-47-53-51-49-38)17-25(57(44,45)46)27(31)28(26)36-34-21-5-1-3-18(15-21)29(37)32-20-4-2-6-23(16-20)56(42,43)14-12-48-54-52-50-39/h1-10,15-17,38-39H,11-14,30-31H2,(H,32,37)(H,44,45,46). The summed E-state index contributed by atoms with van der Waals surface area (Å²) in [4.78, 5) is 12.1. The number of nitrogens with zero attached hydrogens (tertiary/aromatic N) is 4. The second-order valence-corrected chi connectivity index (χ2v) is 17.3. The summed E-state index contributed by atoms with van der Waals surface area (Å²) in [6, 6.07) is 16.9. The molecule has 0 aliphatic rings. The van der Waals surface area contributed by atoms with Crippen molar-refractivity contribution in [2.75, 3.05) is 41.5 Å². The molecule has 1 amide bonds. The highest BCUT2D eigenvalue weighted by molar-refractivity contribution is 7.92. The van der Waals surface area contributed by atoms with Gasteiger partial charge in [0.05, 0.1) is 57.3 Å². The fourth-order valence-electron chi connectivity index (χ4n) is 4.34. The van der Waals surface area contributed by atoms with Gasteiger partial charge in [-0.1, -0.05) is 22.2 Å². The number of anilines is 3. The predicted molar refractivity (Wildman–Crippen MR) is 202 cm³/mol. The molecule has 0 fully saturated rings. The zero-order chi connectivity index (χ0) is 41.6. The van der Waals surface area contributed by atoms with Crippen LogP contribution in [0.5, 0.6) is 0 Å². The number of sulfone groups is 2. The largest absolute Gasteiger partial charge is 0.396 e. The van der Waals surface area contributed by atoms with Gasteiger partial charge in [-0.25, -0.2) is 27.4 Å². The fourth-order valence-corrected chi connectivity index (χ4v) is 7.84. The lowest BCUT2D eigenvalue weighted by molar-refractivity contribution is -0.434. The Morgan fingerprint density at radius 2 is 1.28 bits per heavy atom. The number of hydrogen-bond donors (Lipinski definition) is 6. The summed E-state index contributed by atoms with van der Waals surface area (Å²) in [6.07, 6.45) is 0. The Morgan fingerprint density at radius 3 is 1.89 bits per heavy atom. The molecule has 0 aliphatic heterocycles. The van der Waals surface area contributed by atoms with Gasteiger partial charge in [0.1, 0.15) is 16.3 Å². The van der Waals surface area contributed by atoms with Crippen molar-refractivity contribution in [2.24, 2.45) is 20.5 Å². The molecule has 4 aromatic carbocycles. The van der Waals surface area contributed by atoms with Gasteiger partial charge < -0.3 is 16.8 Å². The van der Waals surface area contributed by atoms with Crippen LogP contribution in [-0.2, 0) is 56.9 Å². The Labute approximate surface area is 332 Å². The quantitative estimate of drug-likeness (QED) is 0.0111. The highest BCUT2D eigenvalue weighted by Crippen LogP contribution is 2.43. The van der Waals surface area contributed by atoms with Crippen molar-refractivity contribution in [3.05, 3.63) is 84.4 Å². The van der Waals surface area contributed by atoms with Crippen molar-refractivity contribution in [2.45, 2.75) is 14.7 Å². The highest BCUT2D eigenvalue weighted by Gasteiger charge is 2.23. The van der Waals surface area contributed by atoms with Crippen LogP contribution in [0.2, 0.25) is 0 Å². The summed E-state index contributed by atoms with van der Waals surface area (Å²) in [7, 11) is -12.6. The van der Waals surface area contributed by atoms with Crippen molar-refractivity contribution < 1.29 is 72.2 Å². The Morgan fingerprint density at radius 1 is 0.684 bits per heavy atom. The molecule has 0 saturated heterocycles. The van der Waals surface area contributed by atoms with E-state index in [4.69, 9.17) is 30.3 Å². The first-order valence-corrected chi connectivity index (χ1v) is 21.3. The molecule has 0 saturated carbocycles. The number of nitrogens with two attached hydrogens (primary N) is 2. The van der Waals surface area contributed by atoms with Crippen molar-refractivity contribution in [3.63, 3.8) is 0 Å². The minimum Gasteiger partial charge on any atom is -0.396 e. The molecule has 28 heteroatoms. The minimum absolute atomic E-state index is 0.0484. The number of nitrogen functional groups attached to an aromatic ring is 2. The van der Waals surface area contributed by atoms with Gasteiger partial charge in [-0.05, 0) is 66.7 Å². The molecule has 4 rings (SSSR count). The molecule has 23 nitrogen and oxygen atoms in total. The van der Waals surface area contributed by atoms with Gasteiger partial charge in [0, 0.05) is 11.3 Å². The van der Waals surface area contributed by atoms with Gasteiger partial charge in [-0.2, -0.15) is 18.6 Å². The lowest BCUT2D eigenvalue weighted by atomic mass is 10.2. The van der Waals surface area contributed by atoms with Crippen molar-refractivity contribution in [1.82, 2.24) is 0 Å². The Balaban J connectivity index is 1.53.